The van der Waals surface area contributed by atoms with Gasteiger partial charge in [-0.05, 0) is 18.2 Å². The van der Waals surface area contributed by atoms with Crippen LogP contribution < -0.4 is 5.32 Å². The molecule has 1 atom stereocenters. The number of methoxy groups -OCH3 is 1. The van der Waals surface area contributed by atoms with Crippen molar-refractivity contribution in [1.82, 2.24) is 5.32 Å². The molecule has 20 heavy (non-hydrogen) atoms. The molecule has 0 heterocycles. The van der Waals surface area contributed by atoms with E-state index in [4.69, 9.17) is 16.7 Å². The number of halogens is 2. The number of carboxylic acids is 1. The van der Waals surface area contributed by atoms with Gasteiger partial charge in [-0.15, -0.1) is 0 Å². The lowest BCUT2D eigenvalue weighted by Gasteiger charge is -2.13. The van der Waals surface area contributed by atoms with E-state index in [2.05, 4.69) is 4.74 Å². The number of ether oxygens (including phenoxy) is 1. The molecule has 1 amide bonds. The van der Waals surface area contributed by atoms with Gasteiger partial charge < -0.3 is 15.2 Å². The Hall–Kier alpha value is -2.15. The third kappa shape index (κ3) is 4.20. The van der Waals surface area contributed by atoms with Gasteiger partial charge in [0.25, 0.3) is 5.91 Å². The number of carbonyl (C=O) groups is 3. The van der Waals surface area contributed by atoms with Gasteiger partial charge in [-0.3, -0.25) is 9.59 Å². The van der Waals surface area contributed by atoms with Crippen LogP contribution in [0.25, 0.3) is 0 Å². The third-order valence-electron chi connectivity index (χ3n) is 2.37. The molecule has 6 nitrogen and oxygen atoms in total. The molecule has 8 heteroatoms. The molecule has 0 aliphatic rings. The van der Waals surface area contributed by atoms with Crippen molar-refractivity contribution in [3.63, 3.8) is 0 Å². The molecule has 0 saturated heterocycles. The summed E-state index contributed by atoms with van der Waals surface area (Å²) in [6.07, 6.45) is -0.570. The van der Waals surface area contributed by atoms with E-state index >= 15 is 0 Å². The first kappa shape index (κ1) is 15.9. The van der Waals surface area contributed by atoms with E-state index < -0.39 is 41.7 Å². The van der Waals surface area contributed by atoms with E-state index in [1.165, 1.54) is 6.07 Å². The predicted molar refractivity (Wildman–Crippen MR) is 66.9 cm³/mol. The average Bonchev–Trinajstić information content (AvgIpc) is 2.40. The van der Waals surface area contributed by atoms with Crippen molar-refractivity contribution >= 4 is 29.4 Å². The minimum absolute atomic E-state index is 0.122. The van der Waals surface area contributed by atoms with Gasteiger partial charge in [-0.25, -0.2) is 9.18 Å². The van der Waals surface area contributed by atoms with Gasteiger partial charge in [0.2, 0.25) is 0 Å². The van der Waals surface area contributed by atoms with Crippen molar-refractivity contribution in [2.75, 3.05) is 7.11 Å². The largest absolute Gasteiger partial charge is 0.480 e. The summed E-state index contributed by atoms with van der Waals surface area (Å²) in [5, 5.41) is 11.0. The molecule has 1 aromatic carbocycles. The molecule has 0 aliphatic carbocycles. The van der Waals surface area contributed by atoms with Gasteiger partial charge in [0.1, 0.15) is 11.9 Å². The number of rotatable bonds is 5. The Morgan fingerprint density at radius 1 is 1.45 bits per heavy atom. The fraction of sp³-hybridized carbons (Fsp3) is 0.250. The summed E-state index contributed by atoms with van der Waals surface area (Å²) in [5.41, 5.74) is -0.409. The third-order valence-corrected chi connectivity index (χ3v) is 2.61. The smallest absolute Gasteiger partial charge is 0.326 e. The topological polar surface area (TPSA) is 92.7 Å². The van der Waals surface area contributed by atoms with Crippen molar-refractivity contribution in [1.29, 1.82) is 0 Å². The Bertz CT molecular complexity index is 549. The molecule has 0 saturated carbocycles. The SMILES string of the molecule is COC(=O)C[C@H](NC(=O)c1cc(Cl)ccc1F)C(=O)O. The van der Waals surface area contributed by atoms with E-state index in [0.29, 0.717) is 0 Å². The van der Waals surface area contributed by atoms with Gasteiger partial charge in [-0.1, -0.05) is 11.6 Å². The van der Waals surface area contributed by atoms with Crippen LogP contribution in [0.15, 0.2) is 18.2 Å². The van der Waals surface area contributed by atoms with Crippen LogP contribution >= 0.6 is 11.6 Å². The first-order valence-corrected chi connectivity index (χ1v) is 5.78. The van der Waals surface area contributed by atoms with Crippen LogP contribution in [0.4, 0.5) is 4.39 Å². The lowest BCUT2D eigenvalue weighted by Crippen LogP contribution is -2.42. The first-order valence-electron chi connectivity index (χ1n) is 5.40. The number of carboxylic acid groups (broad SMARTS) is 1. The van der Waals surface area contributed by atoms with Crippen molar-refractivity contribution < 1.29 is 28.6 Å². The summed E-state index contributed by atoms with van der Waals surface area (Å²) in [7, 11) is 1.08. The molecule has 2 N–H and O–H groups in total. The second-order valence-electron chi connectivity index (χ2n) is 3.77. The zero-order valence-corrected chi connectivity index (χ0v) is 11.1. The molecule has 0 aromatic heterocycles. The molecule has 108 valence electrons. The van der Waals surface area contributed by atoms with Crippen LogP contribution in [0, 0.1) is 5.82 Å². The fourth-order valence-corrected chi connectivity index (χ4v) is 1.53. The Labute approximate surface area is 118 Å². The van der Waals surface area contributed by atoms with E-state index in [1.807, 2.05) is 5.32 Å². The zero-order chi connectivity index (χ0) is 15.3. The number of carbonyl (C=O) groups excluding carboxylic acids is 2. The van der Waals surface area contributed by atoms with E-state index in [-0.39, 0.29) is 5.02 Å². The van der Waals surface area contributed by atoms with Crippen LogP contribution in [-0.4, -0.2) is 36.1 Å². The fourth-order valence-electron chi connectivity index (χ4n) is 1.36. The van der Waals surface area contributed by atoms with Crippen LogP contribution in [0.5, 0.6) is 0 Å². The lowest BCUT2D eigenvalue weighted by molar-refractivity contribution is -0.147. The number of aliphatic carboxylic acids is 1. The molecule has 1 rings (SSSR count). The summed E-state index contributed by atoms with van der Waals surface area (Å²) in [6, 6.07) is 1.77. The maximum atomic E-state index is 13.4. The van der Waals surface area contributed by atoms with Crippen molar-refractivity contribution in [3.05, 3.63) is 34.6 Å². The van der Waals surface area contributed by atoms with Gasteiger partial charge in [0.15, 0.2) is 0 Å². The summed E-state index contributed by atoms with van der Waals surface area (Å²) in [6.45, 7) is 0. The highest BCUT2D eigenvalue weighted by Gasteiger charge is 2.25. The number of benzene rings is 1. The second kappa shape index (κ2) is 6.85. The first-order chi connectivity index (χ1) is 9.35. The quantitative estimate of drug-likeness (QED) is 0.798. The maximum absolute atomic E-state index is 13.4. The highest BCUT2D eigenvalue weighted by atomic mass is 35.5. The highest BCUT2D eigenvalue weighted by Crippen LogP contribution is 2.15. The highest BCUT2D eigenvalue weighted by molar-refractivity contribution is 6.31. The number of hydrogen-bond donors (Lipinski definition) is 2. The summed E-state index contributed by atoms with van der Waals surface area (Å²) in [5.74, 6) is -4.09. The summed E-state index contributed by atoms with van der Waals surface area (Å²) >= 11 is 5.63. The minimum atomic E-state index is -1.52. The Kier molecular flexibility index (Phi) is 5.45. The second-order valence-corrected chi connectivity index (χ2v) is 4.21. The molecule has 0 fully saturated rings. The van der Waals surface area contributed by atoms with Crippen molar-refractivity contribution in [3.8, 4) is 0 Å². The monoisotopic (exact) mass is 303 g/mol. The van der Waals surface area contributed by atoms with Crippen molar-refractivity contribution in [2.45, 2.75) is 12.5 Å². The average molecular weight is 304 g/mol. The van der Waals surface area contributed by atoms with Gasteiger partial charge in [0.05, 0.1) is 19.1 Å². The van der Waals surface area contributed by atoms with Crippen LogP contribution in [-0.2, 0) is 14.3 Å². The molecule has 0 spiro atoms. The molecule has 0 radical (unpaired) electrons. The standard InChI is InChI=1S/C12H11ClFNO5/c1-20-10(16)5-9(12(18)19)15-11(17)7-4-6(13)2-3-8(7)14/h2-4,9H,5H2,1H3,(H,15,17)(H,18,19)/t9-/m0/s1. The molecular formula is C12H11ClFNO5. The normalized spacial score (nSPS) is 11.6. The number of nitrogens with one attached hydrogen (secondary N) is 1. The van der Waals surface area contributed by atoms with Crippen LogP contribution in [0.2, 0.25) is 5.02 Å². The maximum Gasteiger partial charge on any atom is 0.326 e. The van der Waals surface area contributed by atoms with E-state index in [0.717, 1.165) is 19.2 Å². The lowest BCUT2D eigenvalue weighted by atomic mass is 10.1. The Morgan fingerprint density at radius 2 is 2.10 bits per heavy atom. The Balaban J connectivity index is 2.88. The molecular weight excluding hydrogens is 293 g/mol. The number of amides is 1. The minimum Gasteiger partial charge on any atom is -0.480 e. The predicted octanol–water partition coefficient (Wildman–Crippen LogP) is 1.23. The van der Waals surface area contributed by atoms with E-state index in [1.54, 1.807) is 0 Å². The Morgan fingerprint density at radius 3 is 2.65 bits per heavy atom. The molecule has 0 aliphatic heterocycles. The summed E-state index contributed by atoms with van der Waals surface area (Å²) in [4.78, 5) is 33.7. The van der Waals surface area contributed by atoms with Gasteiger partial charge >= 0.3 is 11.9 Å². The number of hydrogen-bond acceptors (Lipinski definition) is 4. The van der Waals surface area contributed by atoms with Gasteiger partial charge in [-0.2, -0.15) is 0 Å². The molecule has 0 bridgehead atoms. The van der Waals surface area contributed by atoms with Crippen molar-refractivity contribution in [2.24, 2.45) is 0 Å². The van der Waals surface area contributed by atoms with Crippen LogP contribution in [0.1, 0.15) is 16.8 Å². The van der Waals surface area contributed by atoms with E-state index in [9.17, 15) is 18.8 Å². The van der Waals surface area contributed by atoms with Gasteiger partial charge in [0, 0.05) is 5.02 Å². The molecule has 0 unspecified atom stereocenters. The summed E-state index contributed by atoms with van der Waals surface area (Å²) < 4.78 is 17.8. The number of esters is 1. The zero-order valence-electron chi connectivity index (χ0n) is 10.4. The molecule has 1 aromatic rings. The van der Waals surface area contributed by atoms with Crippen LogP contribution in [0.3, 0.4) is 0 Å².